The second-order valence-corrected chi connectivity index (χ2v) is 8.61. The summed E-state index contributed by atoms with van der Waals surface area (Å²) in [7, 11) is -2.41. The van der Waals surface area contributed by atoms with E-state index in [4.69, 9.17) is 4.74 Å². The van der Waals surface area contributed by atoms with Gasteiger partial charge in [-0.3, -0.25) is 5.10 Å². The summed E-state index contributed by atoms with van der Waals surface area (Å²) in [4.78, 5) is 12.4. The van der Waals surface area contributed by atoms with Gasteiger partial charge in [0.05, 0.1) is 30.1 Å². The number of hydrogen-bond donors (Lipinski definition) is 4. The van der Waals surface area contributed by atoms with Crippen molar-refractivity contribution in [1.82, 2.24) is 20.2 Å². The van der Waals surface area contributed by atoms with Crippen LogP contribution >= 0.6 is 11.3 Å². The van der Waals surface area contributed by atoms with Gasteiger partial charge in [0, 0.05) is 18.5 Å². The number of rotatable bonds is 7. The molecule has 0 aliphatic carbocycles. The number of carboxylic acids is 1. The fourth-order valence-electron chi connectivity index (χ4n) is 2.68. The molecule has 9 nitrogen and oxygen atoms in total. The van der Waals surface area contributed by atoms with Crippen LogP contribution in [0.3, 0.4) is 0 Å². The van der Waals surface area contributed by atoms with Gasteiger partial charge in [0.15, 0.2) is 0 Å². The topological polar surface area (TPSA) is 133 Å². The van der Waals surface area contributed by atoms with E-state index >= 15 is 0 Å². The third-order valence-electron chi connectivity index (χ3n) is 3.78. The number of methoxy groups -OCH3 is 1. The number of aromatic nitrogens is 2. The van der Waals surface area contributed by atoms with Crippen LogP contribution in [0, 0.1) is 0 Å². The molecule has 3 rings (SSSR count). The van der Waals surface area contributed by atoms with Crippen molar-refractivity contribution in [2.45, 2.75) is 30.3 Å². The summed E-state index contributed by atoms with van der Waals surface area (Å²) in [5.74, 6) is -1.22. The maximum Gasteiger partial charge on any atom is 0.338 e. The minimum Gasteiger partial charge on any atom is -0.478 e. The number of hydrogen-bond acceptors (Lipinski definition) is 7. The van der Waals surface area contributed by atoms with E-state index in [0.29, 0.717) is 37.4 Å². The minimum absolute atomic E-state index is 0.0393. The summed E-state index contributed by atoms with van der Waals surface area (Å²) in [5.41, 5.74) is 1.71. The van der Waals surface area contributed by atoms with E-state index in [1.807, 2.05) is 0 Å². The molecule has 0 bridgehead atoms. The van der Waals surface area contributed by atoms with Crippen molar-refractivity contribution in [1.29, 1.82) is 0 Å². The molecule has 0 radical (unpaired) electrons. The van der Waals surface area contributed by atoms with E-state index < -0.39 is 16.0 Å². The van der Waals surface area contributed by atoms with E-state index in [-0.39, 0.29) is 16.3 Å². The first-order chi connectivity index (χ1) is 11.9. The molecule has 0 saturated heterocycles. The van der Waals surface area contributed by atoms with Gasteiger partial charge >= 0.3 is 5.97 Å². The lowest BCUT2D eigenvalue weighted by atomic mass is 10.1. The van der Waals surface area contributed by atoms with Gasteiger partial charge in [-0.15, -0.1) is 11.3 Å². The summed E-state index contributed by atoms with van der Waals surface area (Å²) in [5, 5.41) is 19.3. The molecular formula is C14H18N4O5S2. The molecule has 2 aromatic heterocycles. The molecular weight excluding hydrogens is 368 g/mol. The molecule has 0 unspecified atom stereocenters. The Balaban J connectivity index is 1.84. The van der Waals surface area contributed by atoms with Crippen molar-refractivity contribution in [3.8, 4) is 0 Å². The average Bonchev–Trinajstić information content (AvgIpc) is 3.18. The van der Waals surface area contributed by atoms with Crippen LogP contribution in [0.1, 0.15) is 32.2 Å². The van der Waals surface area contributed by atoms with Gasteiger partial charge in [-0.05, 0) is 24.6 Å². The normalized spacial score (nSPS) is 14.4. The molecule has 1 aliphatic rings. The third-order valence-corrected chi connectivity index (χ3v) is 6.93. The Morgan fingerprint density at radius 3 is 3.04 bits per heavy atom. The lowest BCUT2D eigenvalue weighted by Crippen LogP contribution is -2.25. The van der Waals surface area contributed by atoms with Crippen LogP contribution in [0.4, 0.5) is 0 Å². The number of nitrogens with zero attached hydrogens (tertiary/aromatic N) is 1. The number of carbonyl (C=O) groups is 1. The number of sulfonamides is 1. The van der Waals surface area contributed by atoms with Crippen molar-refractivity contribution in [2.24, 2.45) is 0 Å². The number of nitrogens with one attached hydrogen (secondary N) is 3. The number of aromatic carboxylic acids is 1. The predicted molar refractivity (Wildman–Crippen MR) is 90.0 cm³/mol. The number of carboxylic acid groups (broad SMARTS) is 1. The van der Waals surface area contributed by atoms with Crippen LogP contribution in [-0.4, -0.2) is 43.3 Å². The Morgan fingerprint density at radius 2 is 2.32 bits per heavy atom. The van der Waals surface area contributed by atoms with Gasteiger partial charge in [0.2, 0.25) is 0 Å². The van der Waals surface area contributed by atoms with Crippen molar-refractivity contribution in [3.63, 3.8) is 0 Å². The van der Waals surface area contributed by atoms with Gasteiger partial charge in [-0.2, -0.15) is 5.10 Å². The predicted octanol–water partition coefficient (Wildman–Crippen LogP) is 0.440. The standard InChI is InChI=1S/C14H18N4O5S2/c1-23-7-9-4-8(17-18-9)5-16-25(21,22)14-12(13(19)20)10-2-3-15-6-11(10)24-14/h4,15-16H,2-3,5-7H2,1H3,(H,17,18)(H,19,20). The fourth-order valence-corrected chi connectivity index (χ4v) is 5.58. The molecule has 1 aliphatic heterocycles. The molecule has 3 heterocycles. The van der Waals surface area contributed by atoms with E-state index in [1.165, 1.54) is 0 Å². The second kappa shape index (κ2) is 7.22. The minimum atomic E-state index is -3.96. The number of thiophene rings is 1. The Labute approximate surface area is 148 Å². The van der Waals surface area contributed by atoms with Gasteiger partial charge in [0.1, 0.15) is 4.21 Å². The van der Waals surface area contributed by atoms with Gasteiger partial charge in [-0.25, -0.2) is 17.9 Å². The van der Waals surface area contributed by atoms with E-state index in [2.05, 4.69) is 20.2 Å². The molecule has 136 valence electrons. The number of aromatic amines is 1. The summed E-state index contributed by atoms with van der Waals surface area (Å²) in [6.07, 6.45) is 0.503. The van der Waals surface area contributed by atoms with E-state index in [1.54, 1.807) is 13.2 Å². The quantitative estimate of drug-likeness (QED) is 0.542. The van der Waals surface area contributed by atoms with Crippen molar-refractivity contribution in [2.75, 3.05) is 13.7 Å². The molecule has 0 amide bonds. The molecule has 0 fully saturated rings. The molecule has 11 heteroatoms. The van der Waals surface area contributed by atoms with Crippen molar-refractivity contribution >= 4 is 27.3 Å². The van der Waals surface area contributed by atoms with Crippen LogP contribution in [0.5, 0.6) is 0 Å². The Hall–Kier alpha value is -1.79. The van der Waals surface area contributed by atoms with Crippen molar-refractivity contribution in [3.05, 3.63) is 33.5 Å². The zero-order valence-corrected chi connectivity index (χ0v) is 15.1. The highest BCUT2D eigenvalue weighted by atomic mass is 32.2. The molecule has 4 N–H and O–H groups in total. The van der Waals surface area contributed by atoms with Gasteiger partial charge in [0.25, 0.3) is 10.0 Å². The van der Waals surface area contributed by atoms with Crippen LogP contribution < -0.4 is 10.0 Å². The monoisotopic (exact) mass is 386 g/mol. The number of H-pyrrole nitrogens is 1. The zero-order chi connectivity index (χ0) is 18.0. The zero-order valence-electron chi connectivity index (χ0n) is 13.5. The largest absolute Gasteiger partial charge is 0.478 e. The lowest BCUT2D eigenvalue weighted by molar-refractivity contribution is 0.0692. The molecule has 0 spiro atoms. The highest BCUT2D eigenvalue weighted by Gasteiger charge is 2.31. The van der Waals surface area contributed by atoms with Gasteiger partial charge < -0.3 is 15.2 Å². The Kier molecular flexibility index (Phi) is 5.20. The second-order valence-electron chi connectivity index (χ2n) is 5.54. The van der Waals surface area contributed by atoms with Crippen LogP contribution in [-0.2, 0) is 40.9 Å². The molecule has 25 heavy (non-hydrogen) atoms. The highest BCUT2D eigenvalue weighted by molar-refractivity contribution is 7.91. The summed E-state index contributed by atoms with van der Waals surface area (Å²) in [6.45, 7) is 1.41. The fraction of sp³-hybridized carbons (Fsp3) is 0.429. The van der Waals surface area contributed by atoms with Crippen LogP contribution in [0.15, 0.2) is 10.3 Å². The highest BCUT2D eigenvalue weighted by Crippen LogP contribution is 2.34. The SMILES string of the molecule is COCc1cc(CNS(=O)(=O)c2sc3c(c2C(=O)O)CCNC3)n[nH]1. The van der Waals surface area contributed by atoms with Crippen molar-refractivity contribution < 1.29 is 23.1 Å². The summed E-state index contributed by atoms with van der Waals surface area (Å²) >= 11 is 1.00. The first-order valence-electron chi connectivity index (χ1n) is 7.52. The van der Waals surface area contributed by atoms with Crippen LogP contribution in [0.25, 0.3) is 0 Å². The first kappa shape index (κ1) is 18.0. The summed E-state index contributed by atoms with van der Waals surface area (Å²) < 4.78 is 32.5. The van der Waals surface area contributed by atoms with Crippen LogP contribution in [0.2, 0.25) is 0 Å². The Morgan fingerprint density at radius 1 is 1.52 bits per heavy atom. The molecule has 0 saturated carbocycles. The molecule has 0 aromatic carbocycles. The van der Waals surface area contributed by atoms with E-state index in [9.17, 15) is 18.3 Å². The third kappa shape index (κ3) is 3.75. The summed E-state index contributed by atoms with van der Waals surface area (Å²) in [6, 6.07) is 1.69. The number of ether oxygens (including phenoxy) is 1. The molecule has 2 aromatic rings. The maximum atomic E-state index is 12.6. The molecule has 0 atom stereocenters. The van der Waals surface area contributed by atoms with E-state index in [0.717, 1.165) is 21.9 Å². The smallest absolute Gasteiger partial charge is 0.338 e. The number of fused-ring (bicyclic) bond motifs is 1. The lowest BCUT2D eigenvalue weighted by Gasteiger charge is -2.12. The first-order valence-corrected chi connectivity index (χ1v) is 9.82. The van der Waals surface area contributed by atoms with Gasteiger partial charge in [-0.1, -0.05) is 0 Å². The average molecular weight is 386 g/mol. The maximum absolute atomic E-state index is 12.6. The Bertz CT molecular complexity index is 887.